The Balaban J connectivity index is 1.40. The molecule has 0 atom stereocenters. The minimum atomic E-state index is -0.112. The first kappa shape index (κ1) is 16.8. The standard InChI is InChI=1S/C20H16N2O2S2/c23-20(21-9-15-11-26-19-7-2-1-6-18(15)19)14-4-3-5-17(8-14)24-10-16-12-25-13-22-16/h1-8,11-13H,9-10H2,(H,21,23). The predicted molar refractivity (Wildman–Crippen MR) is 106 cm³/mol. The van der Waals surface area contributed by atoms with Crippen LogP contribution in [-0.4, -0.2) is 10.9 Å². The molecule has 0 radical (unpaired) electrons. The number of nitrogens with zero attached hydrogens (tertiary/aromatic N) is 1. The lowest BCUT2D eigenvalue weighted by Crippen LogP contribution is -2.22. The average Bonchev–Trinajstić information content (AvgIpc) is 3.34. The van der Waals surface area contributed by atoms with Crippen LogP contribution in [0.15, 0.2) is 64.8 Å². The Morgan fingerprint density at radius 2 is 2.04 bits per heavy atom. The Morgan fingerprint density at radius 1 is 1.12 bits per heavy atom. The van der Waals surface area contributed by atoms with Crippen LogP contribution >= 0.6 is 22.7 Å². The predicted octanol–water partition coefficient (Wildman–Crippen LogP) is 4.87. The van der Waals surface area contributed by atoms with Gasteiger partial charge in [0.1, 0.15) is 12.4 Å². The highest BCUT2D eigenvalue weighted by molar-refractivity contribution is 7.17. The zero-order chi connectivity index (χ0) is 17.8. The van der Waals surface area contributed by atoms with Crippen molar-refractivity contribution in [2.24, 2.45) is 0 Å². The van der Waals surface area contributed by atoms with Gasteiger partial charge in [0.2, 0.25) is 0 Å². The largest absolute Gasteiger partial charge is 0.487 e. The summed E-state index contributed by atoms with van der Waals surface area (Å²) in [4.78, 5) is 16.7. The van der Waals surface area contributed by atoms with Gasteiger partial charge in [-0.1, -0.05) is 24.3 Å². The van der Waals surface area contributed by atoms with E-state index in [0.29, 0.717) is 24.5 Å². The Morgan fingerprint density at radius 3 is 2.92 bits per heavy atom. The van der Waals surface area contributed by atoms with Crippen molar-refractivity contribution in [3.63, 3.8) is 0 Å². The normalized spacial score (nSPS) is 10.8. The Bertz CT molecular complexity index is 1030. The van der Waals surface area contributed by atoms with Gasteiger partial charge >= 0.3 is 0 Å². The summed E-state index contributed by atoms with van der Waals surface area (Å²) in [6, 6.07) is 15.4. The number of nitrogens with one attached hydrogen (secondary N) is 1. The van der Waals surface area contributed by atoms with E-state index in [-0.39, 0.29) is 5.91 Å². The maximum atomic E-state index is 12.5. The van der Waals surface area contributed by atoms with Crippen molar-refractivity contribution in [3.8, 4) is 5.75 Å². The van der Waals surface area contributed by atoms with Crippen LogP contribution < -0.4 is 10.1 Å². The Hall–Kier alpha value is -2.70. The molecule has 0 saturated carbocycles. The van der Waals surface area contributed by atoms with E-state index in [0.717, 1.165) is 11.3 Å². The molecule has 0 aliphatic heterocycles. The van der Waals surface area contributed by atoms with Crippen LogP contribution in [0, 0.1) is 0 Å². The monoisotopic (exact) mass is 380 g/mol. The third-order valence-corrected chi connectivity index (χ3v) is 5.61. The van der Waals surface area contributed by atoms with Crippen molar-refractivity contribution in [1.29, 1.82) is 0 Å². The molecule has 1 N–H and O–H groups in total. The third-order valence-electron chi connectivity index (χ3n) is 3.97. The smallest absolute Gasteiger partial charge is 0.251 e. The zero-order valence-corrected chi connectivity index (χ0v) is 15.5. The lowest BCUT2D eigenvalue weighted by atomic mass is 10.1. The molecular weight excluding hydrogens is 364 g/mol. The molecule has 4 rings (SSSR count). The van der Waals surface area contributed by atoms with E-state index in [9.17, 15) is 4.79 Å². The number of rotatable bonds is 6. The molecule has 1 amide bonds. The van der Waals surface area contributed by atoms with Crippen molar-refractivity contribution in [2.45, 2.75) is 13.2 Å². The number of thiophene rings is 1. The number of hydrogen-bond donors (Lipinski definition) is 1. The molecular formula is C20H16N2O2S2. The topological polar surface area (TPSA) is 51.2 Å². The summed E-state index contributed by atoms with van der Waals surface area (Å²) in [6.45, 7) is 0.905. The first-order valence-electron chi connectivity index (χ1n) is 8.13. The van der Waals surface area contributed by atoms with Crippen molar-refractivity contribution in [2.75, 3.05) is 0 Å². The first-order valence-corrected chi connectivity index (χ1v) is 9.95. The number of carbonyl (C=O) groups is 1. The highest BCUT2D eigenvalue weighted by atomic mass is 32.1. The first-order chi connectivity index (χ1) is 12.8. The maximum Gasteiger partial charge on any atom is 0.251 e. The van der Waals surface area contributed by atoms with Gasteiger partial charge in [-0.05, 0) is 40.6 Å². The molecule has 0 unspecified atom stereocenters. The van der Waals surface area contributed by atoms with Crippen LogP contribution in [0.4, 0.5) is 0 Å². The van der Waals surface area contributed by atoms with Gasteiger partial charge in [0.05, 0.1) is 11.2 Å². The molecule has 0 fully saturated rings. The van der Waals surface area contributed by atoms with Crippen LogP contribution in [0.1, 0.15) is 21.6 Å². The second-order valence-electron chi connectivity index (χ2n) is 5.74. The van der Waals surface area contributed by atoms with Crippen LogP contribution in [-0.2, 0) is 13.2 Å². The molecule has 0 bridgehead atoms. The fourth-order valence-electron chi connectivity index (χ4n) is 2.64. The molecule has 6 heteroatoms. The van der Waals surface area contributed by atoms with Gasteiger partial charge in [-0.25, -0.2) is 4.98 Å². The molecule has 0 saturated heterocycles. The Kier molecular flexibility index (Phi) is 4.95. The summed E-state index contributed by atoms with van der Waals surface area (Å²) in [5, 5.41) is 8.23. The molecule has 0 aliphatic carbocycles. The molecule has 130 valence electrons. The van der Waals surface area contributed by atoms with E-state index in [4.69, 9.17) is 4.74 Å². The summed E-state index contributed by atoms with van der Waals surface area (Å²) >= 11 is 3.23. The van der Waals surface area contributed by atoms with Crippen LogP contribution in [0.25, 0.3) is 10.1 Å². The van der Waals surface area contributed by atoms with Gasteiger partial charge in [0, 0.05) is 22.2 Å². The molecule has 0 aliphatic rings. The fraction of sp³-hybridized carbons (Fsp3) is 0.100. The van der Waals surface area contributed by atoms with E-state index in [1.54, 1.807) is 29.0 Å². The van der Waals surface area contributed by atoms with Crippen LogP contribution in [0.5, 0.6) is 5.75 Å². The average molecular weight is 380 g/mol. The van der Waals surface area contributed by atoms with E-state index < -0.39 is 0 Å². The minimum absolute atomic E-state index is 0.112. The maximum absolute atomic E-state index is 12.5. The number of thiazole rings is 1. The quantitative estimate of drug-likeness (QED) is 0.519. The van der Waals surface area contributed by atoms with Gasteiger partial charge < -0.3 is 10.1 Å². The van der Waals surface area contributed by atoms with Gasteiger partial charge in [-0.2, -0.15) is 0 Å². The molecule has 26 heavy (non-hydrogen) atoms. The van der Waals surface area contributed by atoms with Crippen molar-refractivity contribution < 1.29 is 9.53 Å². The lowest BCUT2D eigenvalue weighted by molar-refractivity contribution is 0.0950. The third kappa shape index (κ3) is 3.76. The van der Waals surface area contributed by atoms with Crippen molar-refractivity contribution >= 4 is 38.7 Å². The fourth-order valence-corrected chi connectivity index (χ4v) is 4.15. The number of amides is 1. The molecule has 0 spiro atoms. The highest BCUT2D eigenvalue weighted by Crippen LogP contribution is 2.25. The zero-order valence-electron chi connectivity index (χ0n) is 13.8. The summed E-state index contributed by atoms with van der Waals surface area (Å²) in [6.07, 6.45) is 0. The number of benzene rings is 2. The lowest BCUT2D eigenvalue weighted by Gasteiger charge is -2.08. The van der Waals surface area contributed by atoms with Gasteiger partial charge in [0.25, 0.3) is 5.91 Å². The minimum Gasteiger partial charge on any atom is -0.487 e. The molecule has 4 nitrogen and oxygen atoms in total. The van der Waals surface area contributed by atoms with E-state index in [2.05, 4.69) is 27.8 Å². The van der Waals surface area contributed by atoms with Crippen LogP contribution in [0.3, 0.4) is 0 Å². The Labute approximate surface area is 159 Å². The number of ether oxygens (including phenoxy) is 1. The number of aromatic nitrogens is 1. The summed E-state index contributed by atoms with van der Waals surface area (Å²) in [5.74, 6) is 0.547. The van der Waals surface area contributed by atoms with Gasteiger partial charge in [-0.15, -0.1) is 22.7 Å². The van der Waals surface area contributed by atoms with Crippen molar-refractivity contribution in [1.82, 2.24) is 10.3 Å². The van der Waals surface area contributed by atoms with Gasteiger partial charge in [0.15, 0.2) is 0 Å². The summed E-state index contributed by atoms with van der Waals surface area (Å²) in [5.41, 5.74) is 4.38. The van der Waals surface area contributed by atoms with Gasteiger partial charge in [-0.3, -0.25) is 4.79 Å². The molecule has 2 aromatic carbocycles. The number of fused-ring (bicyclic) bond motifs is 1. The molecule has 2 heterocycles. The number of hydrogen-bond acceptors (Lipinski definition) is 5. The summed E-state index contributed by atoms with van der Waals surface area (Å²) in [7, 11) is 0. The van der Waals surface area contributed by atoms with Crippen LogP contribution in [0.2, 0.25) is 0 Å². The summed E-state index contributed by atoms with van der Waals surface area (Å²) < 4.78 is 6.95. The van der Waals surface area contributed by atoms with E-state index >= 15 is 0 Å². The number of carbonyl (C=O) groups excluding carboxylic acids is 1. The highest BCUT2D eigenvalue weighted by Gasteiger charge is 2.09. The van der Waals surface area contributed by atoms with E-state index in [1.807, 2.05) is 29.6 Å². The SMILES string of the molecule is O=C(NCc1csc2ccccc12)c1cccc(OCc2cscn2)c1. The molecule has 4 aromatic rings. The second-order valence-corrected chi connectivity index (χ2v) is 7.37. The second kappa shape index (κ2) is 7.68. The van der Waals surface area contributed by atoms with Crippen molar-refractivity contribution in [3.05, 3.63) is 81.6 Å². The van der Waals surface area contributed by atoms with E-state index in [1.165, 1.54) is 21.4 Å². The molecule has 2 aromatic heterocycles.